The summed E-state index contributed by atoms with van der Waals surface area (Å²) in [6.45, 7) is 6.63. The molecule has 0 saturated carbocycles. The number of nitrogens with one attached hydrogen (secondary N) is 1. The minimum Gasteiger partial charge on any atom is -0.313 e. The van der Waals surface area contributed by atoms with E-state index in [1.807, 2.05) is 0 Å². The van der Waals surface area contributed by atoms with Crippen LogP contribution in [0.5, 0.6) is 0 Å². The first-order valence-corrected chi connectivity index (χ1v) is 7.60. The lowest BCUT2D eigenvalue weighted by Gasteiger charge is -2.07. The van der Waals surface area contributed by atoms with Crippen LogP contribution >= 0.6 is 0 Å². The predicted molar refractivity (Wildman–Crippen MR) is 80.9 cm³/mol. The summed E-state index contributed by atoms with van der Waals surface area (Å²) in [6, 6.07) is 8.63. The van der Waals surface area contributed by atoms with Gasteiger partial charge in [0.25, 0.3) is 0 Å². The Hall–Kier alpha value is -0.820. The zero-order valence-electron chi connectivity index (χ0n) is 12.2. The Morgan fingerprint density at radius 2 is 1.56 bits per heavy atom. The van der Waals surface area contributed by atoms with Gasteiger partial charge in [-0.1, -0.05) is 69.7 Å². The van der Waals surface area contributed by atoms with Crippen LogP contribution in [0.15, 0.2) is 24.3 Å². The molecule has 0 bridgehead atoms. The van der Waals surface area contributed by atoms with Crippen LogP contribution in [-0.2, 0) is 6.54 Å². The summed E-state index contributed by atoms with van der Waals surface area (Å²) in [7, 11) is 0. The molecule has 0 aliphatic rings. The second-order valence-electron chi connectivity index (χ2n) is 5.22. The predicted octanol–water partition coefficient (Wildman–Crippen LogP) is 4.84. The second kappa shape index (κ2) is 10.1. The molecule has 102 valence electrons. The molecule has 0 aliphatic carbocycles. The normalized spacial score (nSPS) is 10.8. The van der Waals surface area contributed by atoms with Crippen molar-refractivity contribution in [3.63, 3.8) is 0 Å². The van der Waals surface area contributed by atoms with Crippen molar-refractivity contribution >= 4 is 0 Å². The Labute approximate surface area is 113 Å². The van der Waals surface area contributed by atoms with E-state index in [1.165, 1.54) is 56.1 Å². The van der Waals surface area contributed by atoms with Gasteiger partial charge in [0.15, 0.2) is 0 Å². The first-order valence-electron chi connectivity index (χ1n) is 7.60. The molecule has 0 heterocycles. The third-order valence-corrected chi connectivity index (χ3v) is 3.53. The third-order valence-electron chi connectivity index (χ3n) is 3.53. The molecule has 0 aromatic heterocycles. The van der Waals surface area contributed by atoms with E-state index in [4.69, 9.17) is 0 Å². The van der Waals surface area contributed by atoms with E-state index in [0.29, 0.717) is 0 Å². The van der Waals surface area contributed by atoms with E-state index in [1.54, 1.807) is 0 Å². The average Bonchev–Trinajstić information content (AvgIpc) is 2.39. The van der Waals surface area contributed by atoms with Gasteiger partial charge < -0.3 is 5.32 Å². The van der Waals surface area contributed by atoms with Crippen molar-refractivity contribution in [2.45, 2.75) is 65.3 Å². The highest BCUT2D eigenvalue weighted by Gasteiger charge is 1.96. The average molecular weight is 247 g/mol. The highest BCUT2D eigenvalue weighted by molar-refractivity contribution is 5.25. The molecule has 0 spiro atoms. The fourth-order valence-electron chi connectivity index (χ4n) is 2.24. The van der Waals surface area contributed by atoms with Gasteiger partial charge >= 0.3 is 0 Å². The minimum absolute atomic E-state index is 1.02. The maximum absolute atomic E-state index is 3.54. The maximum atomic E-state index is 3.54. The molecule has 1 heteroatoms. The Morgan fingerprint density at radius 1 is 0.889 bits per heavy atom. The molecule has 0 aliphatic heterocycles. The van der Waals surface area contributed by atoms with Crippen LogP contribution in [0, 0.1) is 6.92 Å². The van der Waals surface area contributed by atoms with Crippen molar-refractivity contribution in [2.24, 2.45) is 0 Å². The van der Waals surface area contributed by atoms with Gasteiger partial charge in [-0.25, -0.2) is 0 Å². The minimum atomic E-state index is 1.02. The summed E-state index contributed by atoms with van der Waals surface area (Å²) in [5, 5.41) is 3.54. The van der Waals surface area contributed by atoms with Gasteiger partial charge in [0.05, 0.1) is 0 Å². The molecule has 1 N–H and O–H groups in total. The van der Waals surface area contributed by atoms with E-state index in [-0.39, 0.29) is 0 Å². The van der Waals surface area contributed by atoms with E-state index in [2.05, 4.69) is 43.4 Å². The Bertz CT molecular complexity index is 306. The van der Waals surface area contributed by atoms with Crippen LogP contribution in [0.4, 0.5) is 0 Å². The summed E-state index contributed by atoms with van der Waals surface area (Å²) in [5.41, 5.74) is 2.82. The van der Waals surface area contributed by atoms with Gasteiger partial charge in [-0.2, -0.15) is 0 Å². The smallest absolute Gasteiger partial charge is 0.0208 e. The monoisotopic (exact) mass is 247 g/mol. The highest BCUT2D eigenvalue weighted by Crippen LogP contribution is 2.08. The lowest BCUT2D eigenvalue weighted by molar-refractivity contribution is 0.562. The summed E-state index contributed by atoms with van der Waals surface area (Å²) in [4.78, 5) is 0. The fourth-order valence-corrected chi connectivity index (χ4v) is 2.24. The van der Waals surface area contributed by atoms with Crippen LogP contribution < -0.4 is 5.32 Å². The van der Waals surface area contributed by atoms with Gasteiger partial charge in [-0.15, -0.1) is 0 Å². The van der Waals surface area contributed by atoms with Crippen molar-refractivity contribution in [1.82, 2.24) is 5.32 Å². The molecule has 1 rings (SSSR count). The number of unbranched alkanes of at least 4 members (excludes halogenated alkanes) is 6. The highest BCUT2D eigenvalue weighted by atomic mass is 14.8. The number of aryl methyl sites for hydroxylation is 1. The molecule has 0 saturated heterocycles. The van der Waals surface area contributed by atoms with Crippen LogP contribution in [0.3, 0.4) is 0 Å². The first-order chi connectivity index (χ1) is 8.84. The molecular weight excluding hydrogens is 218 g/mol. The zero-order chi connectivity index (χ0) is 13.1. The van der Waals surface area contributed by atoms with Gasteiger partial charge in [0, 0.05) is 6.54 Å². The molecule has 0 atom stereocenters. The van der Waals surface area contributed by atoms with Crippen LogP contribution in [0.1, 0.15) is 63.0 Å². The SMILES string of the molecule is CCCCCCCCCNCc1ccccc1C. The van der Waals surface area contributed by atoms with Crippen molar-refractivity contribution < 1.29 is 0 Å². The van der Waals surface area contributed by atoms with Gasteiger partial charge in [0.1, 0.15) is 0 Å². The number of rotatable bonds is 10. The molecule has 0 unspecified atom stereocenters. The molecule has 1 aromatic rings. The molecule has 1 nitrogen and oxygen atoms in total. The number of benzene rings is 1. The van der Waals surface area contributed by atoms with E-state index >= 15 is 0 Å². The van der Waals surface area contributed by atoms with Crippen molar-refractivity contribution in [3.8, 4) is 0 Å². The summed E-state index contributed by atoms with van der Waals surface area (Å²) in [6.07, 6.45) is 9.71. The largest absolute Gasteiger partial charge is 0.313 e. The lowest BCUT2D eigenvalue weighted by Crippen LogP contribution is -2.15. The van der Waals surface area contributed by atoms with Crippen LogP contribution in [0.25, 0.3) is 0 Å². The summed E-state index contributed by atoms with van der Waals surface area (Å²) >= 11 is 0. The molecule has 0 radical (unpaired) electrons. The summed E-state index contributed by atoms with van der Waals surface area (Å²) < 4.78 is 0. The summed E-state index contributed by atoms with van der Waals surface area (Å²) in [5.74, 6) is 0. The lowest BCUT2D eigenvalue weighted by atomic mass is 10.1. The van der Waals surface area contributed by atoms with E-state index in [9.17, 15) is 0 Å². The topological polar surface area (TPSA) is 12.0 Å². The van der Waals surface area contributed by atoms with Crippen LogP contribution in [0.2, 0.25) is 0 Å². The van der Waals surface area contributed by atoms with Crippen molar-refractivity contribution in [1.29, 1.82) is 0 Å². The quantitative estimate of drug-likeness (QED) is 0.584. The third kappa shape index (κ3) is 6.80. The Morgan fingerprint density at radius 3 is 2.28 bits per heavy atom. The van der Waals surface area contributed by atoms with Crippen molar-refractivity contribution in [2.75, 3.05) is 6.54 Å². The molecule has 0 fully saturated rings. The fraction of sp³-hybridized carbons (Fsp3) is 0.647. The molecule has 0 amide bonds. The van der Waals surface area contributed by atoms with Gasteiger partial charge in [0.2, 0.25) is 0 Å². The number of hydrogen-bond donors (Lipinski definition) is 1. The van der Waals surface area contributed by atoms with Crippen LogP contribution in [-0.4, -0.2) is 6.54 Å². The zero-order valence-corrected chi connectivity index (χ0v) is 12.2. The molecular formula is C17H29N. The number of hydrogen-bond acceptors (Lipinski definition) is 1. The van der Waals surface area contributed by atoms with Crippen molar-refractivity contribution in [3.05, 3.63) is 35.4 Å². The first kappa shape index (κ1) is 15.2. The van der Waals surface area contributed by atoms with Gasteiger partial charge in [-0.3, -0.25) is 0 Å². The Balaban J connectivity index is 1.94. The Kier molecular flexibility index (Phi) is 8.58. The maximum Gasteiger partial charge on any atom is 0.0208 e. The van der Waals surface area contributed by atoms with E-state index < -0.39 is 0 Å². The molecule has 1 aromatic carbocycles. The molecule has 18 heavy (non-hydrogen) atoms. The van der Waals surface area contributed by atoms with Gasteiger partial charge in [-0.05, 0) is 31.0 Å². The second-order valence-corrected chi connectivity index (χ2v) is 5.22. The van der Waals surface area contributed by atoms with E-state index in [0.717, 1.165) is 13.1 Å². The standard InChI is InChI=1S/C17H29N/c1-3-4-5-6-7-8-11-14-18-15-17-13-10-9-12-16(17)2/h9-10,12-13,18H,3-8,11,14-15H2,1-2H3.